The molecule has 0 amide bonds. The van der Waals surface area contributed by atoms with Gasteiger partial charge >= 0.3 is 0 Å². The Bertz CT molecular complexity index is 1060. The van der Waals surface area contributed by atoms with Crippen molar-refractivity contribution in [3.63, 3.8) is 0 Å². The Morgan fingerprint density at radius 2 is 1.97 bits per heavy atom. The van der Waals surface area contributed by atoms with Gasteiger partial charge < -0.3 is 19.5 Å². The van der Waals surface area contributed by atoms with Gasteiger partial charge in [0.2, 0.25) is 12.2 Å². The van der Waals surface area contributed by atoms with Crippen LogP contribution in [0.25, 0.3) is 11.1 Å². The lowest BCUT2D eigenvalue weighted by Crippen LogP contribution is -2.58. The summed E-state index contributed by atoms with van der Waals surface area (Å²) in [7, 11) is 0. The molecule has 154 valence electrons. The SMILES string of the molecule is Cc1ccccc1NC(=NC#N)N1CCN(c2nc3ccccc3o2)CC1C(C)C. The fraction of sp³-hybridized carbons (Fsp3) is 0.348. The molecule has 1 fully saturated rings. The van der Waals surface area contributed by atoms with Crippen LogP contribution in [0, 0.1) is 24.3 Å². The van der Waals surface area contributed by atoms with Crippen LogP contribution >= 0.6 is 0 Å². The summed E-state index contributed by atoms with van der Waals surface area (Å²) in [6, 6.07) is 16.6. The van der Waals surface area contributed by atoms with Gasteiger partial charge in [-0.2, -0.15) is 10.2 Å². The van der Waals surface area contributed by atoms with E-state index in [0.29, 0.717) is 24.4 Å². The summed E-state index contributed by atoms with van der Waals surface area (Å²) in [5, 5.41) is 12.7. The molecule has 1 unspecified atom stereocenters. The van der Waals surface area contributed by atoms with Crippen LogP contribution in [0.1, 0.15) is 19.4 Å². The van der Waals surface area contributed by atoms with Gasteiger partial charge in [0.15, 0.2) is 5.58 Å². The van der Waals surface area contributed by atoms with Crippen molar-refractivity contribution in [2.24, 2.45) is 10.9 Å². The summed E-state index contributed by atoms with van der Waals surface area (Å²) in [5.41, 5.74) is 3.72. The molecule has 2 aromatic carbocycles. The number of rotatable bonds is 3. The molecule has 0 radical (unpaired) electrons. The van der Waals surface area contributed by atoms with Crippen molar-refractivity contribution >= 4 is 28.8 Å². The molecule has 1 aliphatic rings. The van der Waals surface area contributed by atoms with E-state index < -0.39 is 0 Å². The third kappa shape index (κ3) is 3.94. The molecule has 1 saturated heterocycles. The zero-order valence-corrected chi connectivity index (χ0v) is 17.5. The molecule has 0 spiro atoms. The molecule has 0 bridgehead atoms. The third-order valence-corrected chi connectivity index (χ3v) is 5.56. The fourth-order valence-corrected chi connectivity index (χ4v) is 3.86. The first-order valence-corrected chi connectivity index (χ1v) is 10.2. The number of piperazine rings is 1. The van der Waals surface area contributed by atoms with Crippen LogP contribution in [0.3, 0.4) is 0 Å². The summed E-state index contributed by atoms with van der Waals surface area (Å²) in [4.78, 5) is 13.2. The van der Waals surface area contributed by atoms with E-state index in [4.69, 9.17) is 4.42 Å². The van der Waals surface area contributed by atoms with Crippen LogP contribution in [0.15, 0.2) is 57.9 Å². The minimum atomic E-state index is 0.150. The number of hydrogen-bond acceptors (Lipinski definition) is 5. The molecule has 1 aliphatic heterocycles. The normalized spacial score (nSPS) is 17.4. The summed E-state index contributed by atoms with van der Waals surface area (Å²) in [5.74, 6) is 0.933. The maximum absolute atomic E-state index is 9.31. The van der Waals surface area contributed by atoms with Gasteiger partial charge in [-0.25, -0.2) is 0 Å². The van der Waals surface area contributed by atoms with Crippen LogP contribution in [0.5, 0.6) is 0 Å². The van der Waals surface area contributed by atoms with Crippen LogP contribution in [0.2, 0.25) is 0 Å². The number of fused-ring (bicyclic) bond motifs is 1. The zero-order valence-electron chi connectivity index (χ0n) is 17.5. The fourth-order valence-electron chi connectivity index (χ4n) is 3.86. The number of guanidine groups is 1. The van der Waals surface area contributed by atoms with E-state index in [1.807, 2.05) is 61.6 Å². The average molecular weight is 403 g/mol. The topological polar surface area (TPSA) is 80.7 Å². The van der Waals surface area contributed by atoms with Crippen molar-refractivity contribution in [2.75, 3.05) is 29.9 Å². The van der Waals surface area contributed by atoms with E-state index >= 15 is 0 Å². The van der Waals surface area contributed by atoms with Crippen molar-refractivity contribution in [3.8, 4) is 6.19 Å². The second-order valence-electron chi connectivity index (χ2n) is 7.89. The third-order valence-electron chi connectivity index (χ3n) is 5.56. The van der Waals surface area contributed by atoms with Gasteiger partial charge in [0.1, 0.15) is 5.52 Å². The second kappa shape index (κ2) is 8.46. The molecule has 0 aliphatic carbocycles. The Labute approximate surface area is 176 Å². The van der Waals surface area contributed by atoms with Gasteiger partial charge in [-0.05, 0) is 36.6 Å². The molecule has 7 nitrogen and oxygen atoms in total. The first kappa shape index (κ1) is 19.8. The largest absolute Gasteiger partial charge is 0.423 e. The molecule has 3 aromatic rings. The van der Waals surface area contributed by atoms with Crippen LogP contribution in [-0.2, 0) is 0 Å². The number of oxazole rings is 1. The van der Waals surface area contributed by atoms with Crippen molar-refractivity contribution < 1.29 is 4.42 Å². The highest BCUT2D eigenvalue weighted by Crippen LogP contribution is 2.26. The monoisotopic (exact) mass is 402 g/mol. The second-order valence-corrected chi connectivity index (χ2v) is 7.89. The van der Waals surface area contributed by atoms with E-state index in [1.165, 1.54) is 0 Å². The van der Waals surface area contributed by atoms with Crippen LogP contribution in [0.4, 0.5) is 11.7 Å². The van der Waals surface area contributed by atoms with Gasteiger partial charge in [-0.15, -0.1) is 4.99 Å². The lowest BCUT2D eigenvalue weighted by molar-refractivity contribution is 0.220. The molecular weight excluding hydrogens is 376 g/mol. The van der Waals surface area contributed by atoms with E-state index in [2.05, 4.69) is 38.9 Å². The number of nitrogens with zero attached hydrogens (tertiary/aromatic N) is 5. The number of hydrogen-bond donors (Lipinski definition) is 1. The molecule has 7 heteroatoms. The van der Waals surface area contributed by atoms with Crippen molar-refractivity contribution in [1.82, 2.24) is 9.88 Å². The maximum Gasteiger partial charge on any atom is 0.298 e. The minimum Gasteiger partial charge on any atom is -0.423 e. The average Bonchev–Trinajstić information content (AvgIpc) is 3.19. The smallest absolute Gasteiger partial charge is 0.298 e. The standard InChI is InChI=1S/C23H26N6O/c1-16(2)20-14-28(23-27-19-10-6-7-11-21(19)30-23)12-13-29(20)22(25-15-24)26-18-9-5-4-8-17(18)3/h4-11,16,20H,12-14H2,1-3H3,(H,25,26). The number of anilines is 2. The highest BCUT2D eigenvalue weighted by molar-refractivity contribution is 5.95. The Kier molecular flexibility index (Phi) is 5.57. The summed E-state index contributed by atoms with van der Waals surface area (Å²) in [6.07, 6.45) is 1.96. The van der Waals surface area contributed by atoms with Gasteiger partial charge in [0, 0.05) is 25.3 Å². The Balaban J connectivity index is 1.58. The predicted octanol–water partition coefficient (Wildman–Crippen LogP) is 4.23. The maximum atomic E-state index is 9.31. The molecule has 1 N–H and O–H groups in total. The van der Waals surface area contributed by atoms with Gasteiger partial charge in [-0.1, -0.05) is 44.2 Å². The highest BCUT2D eigenvalue weighted by atomic mass is 16.4. The number of nitrogens with one attached hydrogen (secondary N) is 1. The predicted molar refractivity (Wildman–Crippen MR) is 119 cm³/mol. The molecule has 2 heterocycles. The molecular formula is C23H26N6O. The van der Waals surface area contributed by atoms with E-state index in [9.17, 15) is 5.26 Å². The minimum absolute atomic E-state index is 0.150. The Hall–Kier alpha value is -3.53. The first-order valence-electron chi connectivity index (χ1n) is 10.2. The summed E-state index contributed by atoms with van der Waals surface area (Å²) in [6.45, 7) is 8.59. The van der Waals surface area contributed by atoms with Crippen molar-refractivity contribution in [3.05, 3.63) is 54.1 Å². The Morgan fingerprint density at radius 3 is 2.70 bits per heavy atom. The number of nitriles is 1. The van der Waals surface area contributed by atoms with Crippen molar-refractivity contribution in [1.29, 1.82) is 5.26 Å². The molecule has 0 saturated carbocycles. The van der Waals surface area contributed by atoms with E-state index in [1.54, 1.807) is 0 Å². The molecule has 30 heavy (non-hydrogen) atoms. The van der Waals surface area contributed by atoms with Gasteiger partial charge in [0.05, 0.1) is 6.04 Å². The first-order chi connectivity index (χ1) is 14.6. The van der Waals surface area contributed by atoms with Crippen LogP contribution in [-0.4, -0.2) is 41.5 Å². The molecule has 1 aromatic heterocycles. The number of para-hydroxylation sites is 3. The zero-order chi connectivity index (χ0) is 21.1. The lowest BCUT2D eigenvalue weighted by Gasteiger charge is -2.44. The molecule has 4 rings (SSSR count). The van der Waals surface area contributed by atoms with Crippen molar-refractivity contribution in [2.45, 2.75) is 26.8 Å². The summed E-state index contributed by atoms with van der Waals surface area (Å²) >= 11 is 0. The van der Waals surface area contributed by atoms with Crippen LogP contribution < -0.4 is 10.2 Å². The van der Waals surface area contributed by atoms with Gasteiger partial charge in [0.25, 0.3) is 6.01 Å². The van der Waals surface area contributed by atoms with E-state index in [0.717, 1.165) is 35.4 Å². The number of aryl methyl sites for hydroxylation is 1. The highest BCUT2D eigenvalue weighted by Gasteiger charge is 2.33. The lowest BCUT2D eigenvalue weighted by atomic mass is 10.00. The quantitative estimate of drug-likeness (QED) is 0.401. The van der Waals surface area contributed by atoms with E-state index in [-0.39, 0.29) is 6.04 Å². The molecule has 1 atom stereocenters. The summed E-state index contributed by atoms with van der Waals surface area (Å²) < 4.78 is 5.99. The van der Waals surface area contributed by atoms with Gasteiger partial charge in [-0.3, -0.25) is 0 Å². The number of aliphatic imine (C=N–C) groups is 1. The number of benzene rings is 2. The number of aromatic nitrogens is 1. The Morgan fingerprint density at radius 1 is 1.20 bits per heavy atom.